The first-order chi connectivity index (χ1) is 6.50. The molecule has 0 amide bonds. The molecule has 0 saturated heterocycles. The van der Waals surface area contributed by atoms with Gasteiger partial charge in [-0.3, -0.25) is 0 Å². The summed E-state index contributed by atoms with van der Waals surface area (Å²) in [5.74, 6) is -5.49. The standard InChI is InChI=1S/C10H9F4/c1-3-4-6-9(13)7(11)5(2)8(12)10(6)14/h2-4H2,1H3. The number of hydrogen-bond donors (Lipinski definition) is 0. The third kappa shape index (κ3) is 1.61. The van der Waals surface area contributed by atoms with Crippen LogP contribution >= 0.6 is 0 Å². The quantitative estimate of drug-likeness (QED) is 0.513. The van der Waals surface area contributed by atoms with Crippen molar-refractivity contribution in [1.29, 1.82) is 0 Å². The van der Waals surface area contributed by atoms with Gasteiger partial charge in [-0.2, -0.15) is 0 Å². The van der Waals surface area contributed by atoms with Crippen molar-refractivity contribution in [1.82, 2.24) is 0 Å². The van der Waals surface area contributed by atoms with Gasteiger partial charge in [-0.1, -0.05) is 13.3 Å². The van der Waals surface area contributed by atoms with Gasteiger partial charge in [0.1, 0.15) is 0 Å². The molecule has 0 N–H and O–H groups in total. The minimum absolute atomic E-state index is 0.0359. The molecule has 0 saturated carbocycles. The van der Waals surface area contributed by atoms with Crippen molar-refractivity contribution in [2.75, 3.05) is 0 Å². The molecule has 0 aliphatic rings. The predicted octanol–water partition coefficient (Wildman–Crippen LogP) is 3.38. The Morgan fingerprint density at radius 1 is 0.929 bits per heavy atom. The fourth-order valence-corrected chi connectivity index (χ4v) is 1.19. The lowest BCUT2D eigenvalue weighted by Crippen LogP contribution is -2.05. The molecule has 0 aromatic heterocycles. The van der Waals surface area contributed by atoms with Gasteiger partial charge in [0.25, 0.3) is 0 Å². The maximum Gasteiger partial charge on any atom is 0.165 e. The molecule has 4 heteroatoms. The lowest BCUT2D eigenvalue weighted by Gasteiger charge is -2.08. The van der Waals surface area contributed by atoms with Crippen molar-refractivity contribution in [3.63, 3.8) is 0 Å². The molecule has 0 fully saturated rings. The number of benzene rings is 1. The molecule has 1 radical (unpaired) electrons. The Balaban J connectivity index is 3.43. The van der Waals surface area contributed by atoms with E-state index in [1.807, 2.05) is 0 Å². The molecular formula is C10H9F4. The maximum absolute atomic E-state index is 13.1. The smallest absolute Gasteiger partial charge is 0.165 e. The third-order valence-corrected chi connectivity index (χ3v) is 1.95. The lowest BCUT2D eigenvalue weighted by molar-refractivity contribution is 0.433. The average Bonchev–Trinajstić information content (AvgIpc) is 2.19. The van der Waals surface area contributed by atoms with Gasteiger partial charge < -0.3 is 0 Å². The Morgan fingerprint density at radius 3 is 1.71 bits per heavy atom. The van der Waals surface area contributed by atoms with E-state index in [4.69, 9.17) is 0 Å². The zero-order chi connectivity index (χ0) is 10.9. The molecule has 0 heterocycles. The molecule has 77 valence electrons. The summed E-state index contributed by atoms with van der Waals surface area (Å²) < 4.78 is 52.0. The second-order valence-electron chi connectivity index (χ2n) is 2.96. The van der Waals surface area contributed by atoms with Crippen molar-refractivity contribution in [2.24, 2.45) is 0 Å². The predicted molar refractivity (Wildman–Crippen MR) is 44.7 cm³/mol. The molecule has 0 unspecified atom stereocenters. The largest absolute Gasteiger partial charge is 0.203 e. The van der Waals surface area contributed by atoms with Crippen molar-refractivity contribution in [3.8, 4) is 0 Å². The van der Waals surface area contributed by atoms with E-state index in [0.29, 0.717) is 6.42 Å². The molecule has 1 aromatic carbocycles. The van der Waals surface area contributed by atoms with Crippen molar-refractivity contribution < 1.29 is 17.6 Å². The van der Waals surface area contributed by atoms with Crippen LogP contribution in [0.4, 0.5) is 17.6 Å². The molecule has 1 rings (SSSR count). The Hall–Kier alpha value is -1.06. The molecular weight excluding hydrogens is 196 g/mol. The number of rotatable bonds is 2. The van der Waals surface area contributed by atoms with Crippen LogP contribution in [0.3, 0.4) is 0 Å². The first-order valence-corrected chi connectivity index (χ1v) is 4.17. The lowest BCUT2D eigenvalue weighted by atomic mass is 10.1. The van der Waals surface area contributed by atoms with Gasteiger partial charge in [-0.05, 0) is 13.3 Å². The number of hydrogen-bond acceptors (Lipinski definition) is 0. The summed E-state index contributed by atoms with van der Waals surface area (Å²) in [6.07, 6.45) is 0.370. The second kappa shape index (κ2) is 3.98. The van der Waals surface area contributed by atoms with Crippen LogP contribution < -0.4 is 0 Å². The van der Waals surface area contributed by atoms with Crippen molar-refractivity contribution >= 4 is 0 Å². The summed E-state index contributed by atoms with van der Waals surface area (Å²) in [5.41, 5.74) is -1.41. The summed E-state index contributed by atoms with van der Waals surface area (Å²) in [4.78, 5) is 0. The van der Waals surface area contributed by atoms with Gasteiger partial charge in [0.05, 0.1) is 0 Å². The van der Waals surface area contributed by atoms with Gasteiger partial charge >= 0.3 is 0 Å². The van der Waals surface area contributed by atoms with Crippen LogP contribution in [0.2, 0.25) is 0 Å². The first kappa shape index (κ1) is 11.0. The van der Waals surface area contributed by atoms with Gasteiger partial charge in [-0.25, -0.2) is 17.6 Å². The topological polar surface area (TPSA) is 0 Å². The molecule has 0 nitrogen and oxygen atoms in total. The highest BCUT2D eigenvalue weighted by Gasteiger charge is 2.21. The molecule has 1 aromatic rings. The van der Waals surface area contributed by atoms with Crippen LogP contribution in [0, 0.1) is 30.2 Å². The van der Waals surface area contributed by atoms with Gasteiger partial charge in [0.2, 0.25) is 0 Å². The van der Waals surface area contributed by atoms with E-state index in [2.05, 4.69) is 6.92 Å². The van der Waals surface area contributed by atoms with Gasteiger partial charge in [0.15, 0.2) is 23.3 Å². The zero-order valence-corrected chi connectivity index (χ0v) is 7.63. The van der Waals surface area contributed by atoms with E-state index in [9.17, 15) is 17.6 Å². The Kier molecular flexibility index (Phi) is 3.13. The third-order valence-electron chi connectivity index (χ3n) is 1.95. The highest BCUT2D eigenvalue weighted by Crippen LogP contribution is 2.24. The molecule has 0 atom stereocenters. The van der Waals surface area contributed by atoms with E-state index in [0.717, 1.165) is 0 Å². The molecule has 0 aliphatic heterocycles. The maximum atomic E-state index is 13.1. The zero-order valence-electron chi connectivity index (χ0n) is 7.63. The van der Waals surface area contributed by atoms with E-state index in [1.54, 1.807) is 6.92 Å². The van der Waals surface area contributed by atoms with Crippen molar-refractivity contribution in [2.45, 2.75) is 19.8 Å². The Morgan fingerprint density at radius 2 is 1.36 bits per heavy atom. The van der Waals surface area contributed by atoms with Crippen LogP contribution in [0.5, 0.6) is 0 Å². The van der Waals surface area contributed by atoms with Crippen LogP contribution in [0.1, 0.15) is 24.5 Å². The first-order valence-electron chi connectivity index (χ1n) is 4.17. The van der Waals surface area contributed by atoms with Gasteiger partial charge in [0, 0.05) is 11.1 Å². The molecule has 14 heavy (non-hydrogen) atoms. The van der Waals surface area contributed by atoms with Gasteiger partial charge in [-0.15, -0.1) is 0 Å². The highest BCUT2D eigenvalue weighted by atomic mass is 19.2. The number of halogens is 4. The summed E-state index contributed by atoms with van der Waals surface area (Å²) >= 11 is 0. The monoisotopic (exact) mass is 205 g/mol. The van der Waals surface area contributed by atoms with E-state index in [1.165, 1.54) is 0 Å². The van der Waals surface area contributed by atoms with E-state index in [-0.39, 0.29) is 6.42 Å². The average molecular weight is 205 g/mol. The minimum atomic E-state index is -1.41. The summed E-state index contributed by atoms with van der Waals surface area (Å²) in [5, 5.41) is 0. The second-order valence-corrected chi connectivity index (χ2v) is 2.96. The van der Waals surface area contributed by atoms with Crippen molar-refractivity contribution in [3.05, 3.63) is 41.3 Å². The molecule has 0 spiro atoms. The Labute approximate surface area is 79.6 Å². The summed E-state index contributed by atoms with van der Waals surface area (Å²) in [7, 11) is 0. The summed E-state index contributed by atoms with van der Waals surface area (Å²) in [6.45, 7) is 4.57. The normalized spacial score (nSPS) is 10.7. The van der Waals surface area contributed by atoms with Crippen LogP contribution in [0.25, 0.3) is 0 Å². The van der Waals surface area contributed by atoms with Crippen LogP contribution in [0.15, 0.2) is 0 Å². The SMILES string of the molecule is [CH2]c1c(F)c(F)c(CCC)c(F)c1F. The fourth-order valence-electron chi connectivity index (χ4n) is 1.19. The molecule has 0 bridgehead atoms. The minimum Gasteiger partial charge on any atom is -0.203 e. The fraction of sp³-hybridized carbons (Fsp3) is 0.300. The summed E-state index contributed by atoms with van der Waals surface area (Å²) in [6, 6.07) is 0. The van der Waals surface area contributed by atoms with Crippen LogP contribution in [-0.2, 0) is 6.42 Å². The van der Waals surface area contributed by atoms with Crippen LogP contribution in [-0.4, -0.2) is 0 Å². The highest BCUT2D eigenvalue weighted by molar-refractivity contribution is 5.31. The van der Waals surface area contributed by atoms with E-state index < -0.39 is 34.4 Å². The molecule has 0 aliphatic carbocycles. The van der Waals surface area contributed by atoms with E-state index >= 15 is 0 Å². The Bertz CT molecular complexity index is 329.